The number of nitriles is 1. The number of aromatic nitrogens is 3. The molecule has 1 N–H and O–H groups in total. The Bertz CT molecular complexity index is 483. The number of pyridine rings is 1. The van der Waals surface area contributed by atoms with Crippen LogP contribution >= 0.6 is 0 Å². The monoisotopic (exact) mass is 213 g/mol. The molecule has 0 saturated carbocycles. The smallest absolute Gasteiger partial charge is 0.148 e. The SMILES string of the molecule is N#CCNc1ccn(Cc2ccncc2)n1. The van der Waals surface area contributed by atoms with Gasteiger partial charge in [-0.2, -0.15) is 10.4 Å². The Hall–Kier alpha value is -2.35. The fraction of sp³-hybridized carbons (Fsp3) is 0.182. The maximum absolute atomic E-state index is 8.42. The average molecular weight is 213 g/mol. The van der Waals surface area contributed by atoms with E-state index in [1.165, 1.54) is 0 Å². The second-order valence-corrected chi connectivity index (χ2v) is 3.27. The van der Waals surface area contributed by atoms with E-state index < -0.39 is 0 Å². The Labute approximate surface area is 93.4 Å². The molecule has 0 aliphatic carbocycles. The van der Waals surface area contributed by atoms with Gasteiger partial charge < -0.3 is 5.32 Å². The number of nitrogens with one attached hydrogen (secondary N) is 1. The summed E-state index contributed by atoms with van der Waals surface area (Å²) in [5, 5.41) is 15.6. The lowest BCUT2D eigenvalue weighted by Gasteiger charge is -2.00. The molecule has 0 aliphatic heterocycles. The van der Waals surface area contributed by atoms with Crippen molar-refractivity contribution < 1.29 is 0 Å². The van der Waals surface area contributed by atoms with Gasteiger partial charge in [-0.25, -0.2) is 0 Å². The zero-order valence-electron chi connectivity index (χ0n) is 8.67. The van der Waals surface area contributed by atoms with Crippen LogP contribution in [0.5, 0.6) is 0 Å². The highest BCUT2D eigenvalue weighted by atomic mass is 15.3. The van der Waals surface area contributed by atoms with E-state index in [0.29, 0.717) is 6.54 Å². The third-order valence-corrected chi connectivity index (χ3v) is 2.08. The minimum absolute atomic E-state index is 0.270. The molecule has 0 bridgehead atoms. The third kappa shape index (κ3) is 2.58. The minimum atomic E-state index is 0.270. The average Bonchev–Trinajstić information content (AvgIpc) is 2.75. The maximum Gasteiger partial charge on any atom is 0.148 e. The number of hydrogen-bond donors (Lipinski definition) is 1. The van der Waals surface area contributed by atoms with Crippen LogP contribution in [0.25, 0.3) is 0 Å². The van der Waals surface area contributed by atoms with Gasteiger partial charge in [0.15, 0.2) is 0 Å². The first-order valence-electron chi connectivity index (χ1n) is 4.91. The Morgan fingerprint density at radius 1 is 1.31 bits per heavy atom. The summed E-state index contributed by atoms with van der Waals surface area (Å²) in [5.74, 6) is 0.718. The molecule has 5 heteroatoms. The van der Waals surface area contributed by atoms with E-state index in [1.54, 1.807) is 12.4 Å². The van der Waals surface area contributed by atoms with Gasteiger partial charge in [0.1, 0.15) is 12.4 Å². The van der Waals surface area contributed by atoms with Gasteiger partial charge in [-0.15, -0.1) is 0 Å². The van der Waals surface area contributed by atoms with Crippen LogP contribution in [0.2, 0.25) is 0 Å². The molecule has 2 rings (SSSR count). The lowest BCUT2D eigenvalue weighted by atomic mass is 10.3. The van der Waals surface area contributed by atoms with Crippen molar-refractivity contribution in [1.82, 2.24) is 14.8 Å². The van der Waals surface area contributed by atoms with Gasteiger partial charge in [-0.05, 0) is 17.7 Å². The topological polar surface area (TPSA) is 66.5 Å². The number of rotatable bonds is 4. The normalized spacial score (nSPS) is 9.69. The highest BCUT2D eigenvalue weighted by Gasteiger charge is 1.98. The number of nitrogens with zero attached hydrogens (tertiary/aromatic N) is 4. The molecule has 5 nitrogen and oxygen atoms in total. The zero-order valence-corrected chi connectivity index (χ0v) is 8.67. The fourth-order valence-electron chi connectivity index (χ4n) is 1.35. The molecule has 0 fully saturated rings. The van der Waals surface area contributed by atoms with Crippen LogP contribution in [0.3, 0.4) is 0 Å². The van der Waals surface area contributed by atoms with E-state index in [4.69, 9.17) is 5.26 Å². The summed E-state index contributed by atoms with van der Waals surface area (Å²) < 4.78 is 1.81. The predicted octanol–water partition coefficient (Wildman–Crippen LogP) is 1.26. The van der Waals surface area contributed by atoms with E-state index in [1.807, 2.05) is 35.1 Å². The van der Waals surface area contributed by atoms with Crippen LogP contribution in [0, 0.1) is 11.3 Å². The van der Waals surface area contributed by atoms with Crippen molar-refractivity contribution in [3.8, 4) is 6.07 Å². The Balaban J connectivity index is 2.01. The molecule has 0 radical (unpaired) electrons. The van der Waals surface area contributed by atoms with Crippen LogP contribution < -0.4 is 5.32 Å². The Kier molecular flexibility index (Phi) is 3.14. The lowest BCUT2D eigenvalue weighted by molar-refractivity contribution is 0.688. The standard InChI is InChI=1S/C11H11N5/c12-4-7-14-11-3-8-16(15-11)9-10-1-5-13-6-2-10/h1-3,5-6,8H,7,9H2,(H,14,15). The summed E-state index contributed by atoms with van der Waals surface area (Å²) in [5.41, 5.74) is 1.14. The molecular formula is C11H11N5. The molecule has 16 heavy (non-hydrogen) atoms. The van der Waals surface area contributed by atoms with Crippen LogP contribution in [-0.4, -0.2) is 21.3 Å². The third-order valence-electron chi connectivity index (χ3n) is 2.08. The summed E-state index contributed by atoms with van der Waals surface area (Å²) in [6.45, 7) is 0.975. The van der Waals surface area contributed by atoms with Crippen molar-refractivity contribution in [3.05, 3.63) is 42.4 Å². The highest BCUT2D eigenvalue weighted by Crippen LogP contribution is 2.05. The molecule has 2 heterocycles. The van der Waals surface area contributed by atoms with Gasteiger partial charge >= 0.3 is 0 Å². The van der Waals surface area contributed by atoms with Gasteiger partial charge in [-0.3, -0.25) is 9.67 Å². The van der Waals surface area contributed by atoms with Crippen LogP contribution in [-0.2, 0) is 6.54 Å². The maximum atomic E-state index is 8.42. The van der Waals surface area contributed by atoms with Crippen molar-refractivity contribution >= 4 is 5.82 Å². The summed E-state index contributed by atoms with van der Waals surface area (Å²) in [7, 11) is 0. The lowest BCUT2D eigenvalue weighted by Crippen LogP contribution is -2.03. The van der Waals surface area contributed by atoms with E-state index in [-0.39, 0.29) is 6.54 Å². The molecule has 2 aromatic heterocycles. The quantitative estimate of drug-likeness (QED) is 0.776. The molecule has 0 unspecified atom stereocenters. The first-order chi connectivity index (χ1) is 7.88. The van der Waals surface area contributed by atoms with Gasteiger partial charge in [-0.1, -0.05) is 0 Å². The van der Waals surface area contributed by atoms with E-state index in [0.717, 1.165) is 11.4 Å². The largest absolute Gasteiger partial charge is 0.356 e. The Morgan fingerprint density at radius 3 is 2.88 bits per heavy atom. The predicted molar refractivity (Wildman–Crippen MR) is 59.7 cm³/mol. The van der Waals surface area contributed by atoms with Crippen molar-refractivity contribution in [3.63, 3.8) is 0 Å². The molecule has 0 amide bonds. The van der Waals surface area contributed by atoms with E-state index in [2.05, 4.69) is 15.4 Å². The van der Waals surface area contributed by atoms with Crippen LogP contribution in [0.15, 0.2) is 36.8 Å². The highest BCUT2D eigenvalue weighted by molar-refractivity contribution is 5.33. The molecular weight excluding hydrogens is 202 g/mol. The van der Waals surface area contributed by atoms with Gasteiger partial charge in [0, 0.05) is 24.7 Å². The number of hydrogen-bond acceptors (Lipinski definition) is 4. The molecule has 0 aliphatic rings. The van der Waals surface area contributed by atoms with E-state index >= 15 is 0 Å². The molecule has 0 aromatic carbocycles. The van der Waals surface area contributed by atoms with Gasteiger partial charge in [0.2, 0.25) is 0 Å². The molecule has 2 aromatic rings. The summed E-state index contributed by atoms with van der Waals surface area (Å²) in [6, 6.07) is 7.75. The molecule has 80 valence electrons. The first-order valence-corrected chi connectivity index (χ1v) is 4.91. The molecule has 0 atom stereocenters. The minimum Gasteiger partial charge on any atom is -0.356 e. The Morgan fingerprint density at radius 2 is 2.12 bits per heavy atom. The van der Waals surface area contributed by atoms with Crippen LogP contribution in [0.4, 0.5) is 5.82 Å². The van der Waals surface area contributed by atoms with Gasteiger partial charge in [0.25, 0.3) is 0 Å². The summed E-state index contributed by atoms with van der Waals surface area (Å²) >= 11 is 0. The molecule has 0 saturated heterocycles. The summed E-state index contributed by atoms with van der Waals surface area (Å²) in [4.78, 5) is 3.95. The second kappa shape index (κ2) is 4.94. The second-order valence-electron chi connectivity index (χ2n) is 3.27. The summed E-state index contributed by atoms with van der Waals surface area (Å²) in [6.07, 6.45) is 5.39. The van der Waals surface area contributed by atoms with Crippen molar-refractivity contribution in [1.29, 1.82) is 5.26 Å². The van der Waals surface area contributed by atoms with Gasteiger partial charge in [0.05, 0.1) is 12.6 Å². The fourth-order valence-corrected chi connectivity index (χ4v) is 1.35. The first kappa shape index (κ1) is 10.2. The zero-order chi connectivity index (χ0) is 11.2. The van der Waals surface area contributed by atoms with E-state index in [9.17, 15) is 0 Å². The van der Waals surface area contributed by atoms with Crippen molar-refractivity contribution in [2.45, 2.75) is 6.54 Å². The molecule has 0 spiro atoms. The van der Waals surface area contributed by atoms with Crippen LogP contribution in [0.1, 0.15) is 5.56 Å². The van der Waals surface area contributed by atoms with Crippen molar-refractivity contribution in [2.24, 2.45) is 0 Å². The number of anilines is 1. The van der Waals surface area contributed by atoms with Crippen molar-refractivity contribution in [2.75, 3.05) is 11.9 Å².